The third kappa shape index (κ3) is 13.3. The Morgan fingerprint density at radius 3 is 1.39 bits per heavy atom. The molecule has 6 aliphatic rings. The van der Waals surface area contributed by atoms with Gasteiger partial charge >= 0.3 is 5.97 Å². The molecule has 13 nitrogen and oxygen atoms in total. The van der Waals surface area contributed by atoms with Crippen LogP contribution in [0, 0.1) is 105 Å². The molecular formula is C71H74N8O5S. The number of rotatable bonds is 9. The van der Waals surface area contributed by atoms with Gasteiger partial charge in [-0.1, -0.05) is 133 Å². The van der Waals surface area contributed by atoms with Crippen molar-refractivity contribution in [3.63, 3.8) is 0 Å². The summed E-state index contributed by atoms with van der Waals surface area (Å²) in [6.45, 7) is 14.0. The Morgan fingerprint density at radius 2 is 0.929 bits per heavy atom. The summed E-state index contributed by atoms with van der Waals surface area (Å²) in [4.78, 5) is 37.3. The minimum absolute atomic E-state index is 0.00303. The first-order chi connectivity index (χ1) is 41.0. The zero-order chi connectivity index (χ0) is 59.9. The van der Waals surface area contributed by atoms with Crippen molar-refractivity contribution >= 4 is 40.1 Å². The summed E-state index contributed by atoms with van der Waals surface area (Å²) in [6, 6.07) is 41.3. The number of ether oxygens (including phenoxy) is 1. The van der Waals surface area contributed by atoms with Crippen molar-refractivity contribution in [2.45, 2.75) is 91.0 Å². The maximum atomic E-state index is 12.5. The molecule has 434 valence electrons. The highest BCUT2D eigenvalue weighted by molar-refractivity contribution is 7.90. The normalized spacial score (nSPS) is 29.8. The number of esters is 1. The predicted molar refractivity (Wildman–Crippen MR) is 332 cm³/mol. The van der Waals surface area contributed by atoms with Crippen molar-refractivity contribution in [2.24, 2.45) is 71.0 Å². The molecule has 1 amide bonds. The lowest BCUT2D eigenvalue weighted by Crippen LogP contribution is -2.44. The lowest BCUT2D eigenvalue weighted by atomic mass is 9.66. The van der Waals surface area contributed by atoms with Crippen molar-refractivity contribution < 1.29 is 22.7 Å². The summed E-state index contributed by atoms with van der Waals surface area (Å²) in [5.41, 5.74) is 9.88. The number of carbonyl (C=O) groups is 2. The number of fused-ring (bicyclic) bond motifs is 3. The average molecular weight is 1150 g/mol. The molecule has 3 saturated heterocycles. The van der Waals surface area contributed by atoms with Crippen molar-refractivity contribution in [3.05, 3.63) is 180 Å². The van der Waals surface area contributed by atoms with Gasteiger partial charge in [0.2, 0.25) is 15.9 Å². The second kappa shape index (κ2) is 26.3. The van der Waals surface area contributed by atoms with Gasteiger partial charge in [0.15, 0.2) is 0 Å². The van der Waals surface area contributed by atoms with Gasteiger partial charge in [0.1, 0.15) is 6.10 Å². The Kier molecular flexibility index (Phi) is 18.5. The van der Waals surface area contributed by atoms with E-state index in [4.69, 9.17) is 4.74 Å². The predicted octanol–water partition coefficient (Wildman–Crippen LogP) is 13.1. The van der Waals surface area contributed by atoms with Crippen LogP contribution in [0.3, 0.4) is 0 Å². The summed E-state index contributed by atoms with van der Waals surface area (Å²) in [7, 11) is -3.26. The number of aromatic nitrogens is 3. The molecule has 6 aromatic rings. The molecule has 6 fully saturated rings. The van der Waals surface area contributed by atoms with Gasteiger partial charge in [-0.05, 0) is 127 Å². The van der Waals surface area contributed by atoms with E-state index in [1.165, 1.54) is 0 Å². The first kappa shape index (κ1) is 59.8. The number of carbonyl (C=O) groups excluding carboxylic acids is 2. The Balaban J connectivity index is 0.000000142. The molecule has 0 radical (unpaired) electrons. The smallest absolute Gasteiger partial charge is 0.306 e. The monoisotopic (exact) mass is 1150 g/mol. The fraction of sp³-hybridized carbons (Fsp3) is 0.380. The van der Waals surface area contributed by atoms with E-state index in [0.29, 0.717) is 89.3 Å². The molecule has 3 aromatic heterocycles. The average Bonchev–Trinajstić information content (AvgIpc) is 2.20. The second-order valence-electron chi connectivity index (χ2n) is 24.5. The van der Waals surface area contributed by atoms with Crippen LogP contribution in [0.15, 0.2) is 146 Å². The van der Waals surface area contributed by atoms with Gasteiger partial charge in [-0.15, -0.1) is 0 Å². The maximum absolute atomic E-state index is 12.5. The molecule has 3 aliphatic heterocycles. The van der Waals surface area contributed by atoms with Gasteiger partial charge in [-0.3, -0.25) is 24.5 Å². The number of hydrogen-bond donors (Lipinski definition) is 2. The van der Waals surface area contributed by atoms with E-state index in [2.05, 4.69) is 103 Å². The largest absolute Gasteiger partial charge is 0.461 e. The third-order valence-corrected chi connectivity index (χ3v) is 21.4. The second-order valence-corrected chi connectivity index (χ2v) is 26.4. The van der Waals surface area contributed by atoms with Crippen LogP contribution in [0.25, 0.3) is 51.6 Å². The van der Waals surface area contributed by atoms with Gasteiger partial charge in [0.05, 0.1) is 63.7 Å². The number of nitrogens with zero attached hydrogens (tertiary/aromatic N) is 6. The summed E-state index contributed by atoms with van der Waals surface area (Å²) in [5, 5.41) is 30.7. The number of hydrogen-bond acceptors (Lipinski definition) is 11. The van der Waals surface area contributed by atoms with E-state index in [9.17, 15) is 33.8 Å². The number of amides is 1. The van der Waals surface area contributed by atoms with Crippen LogP contribution < -0.4 is 10.0 Å². The summed E-state index contributed by atoms with van der Waals surface area (Å²) >= 11 is 0. The lowest BCUT2D eigenvalue weighted by molar-refractivity contribution is -0.144. The molecule has 0 bridgehead atoms. The molecule has 0 spiro atoms. The van der Waals surface area contributed by atoms with Gasteiger partial charge in [0, 0.05) is 88.7 Å². The number of allylic oxidation sites excluding steroid dienone is 1. The highest BCUT2D eigenvalue weighted by Crippen LogP contribution is 2.47. The SMILES string of the molecule is C[C@H]1[C@H](/C=C/c2ccc(-c3ccccc3C#N)cn2)[C@@H]2[C@@H](CNS2(=O)=O)C[C@@H]1C.C[C@H]1[C@H](/C=C/c2ccc(-c3ccccc3C#N)cn2)[C@H]2NC(=O)C[C@H]2C[C@@H]1C.C[C@H]1[C@H](/C=C/c2ccc(-c3ccccc3C#N)cn2)[C@H]2OC(=O)C[C@H]2C[C@@H]1C. The molecule has 3 saturated carbocycles. The lowest BCUT2D eigenvalue weighted by Gasteiger charge is -2.40. The zero-order valence-electron chi connectivity index (χ0n) is 49.1. The number of sulfonamides is 1. The minimum atomic E-state index is -3.26. The van der Waals surface area contributed by atoms with E-state index in [1.54, 1.807) is 18.5 Å². The molecule has 6 heterocycles. The van der Waals surface area contributed by atoms with Crippen LogP contribution in [0.5, 0.6) is 0 Å². The quantitative estimate of drug-likeness (QED) is 0.130. The first-order valence-corrected chi connectivity index (χ1v) is 31.5. The van der Waals surface area contributed by atoms with E-state index < -0.39 is 10.0 Å². The summed E-state index contributed by atoms with van der Waals surface area (Å²) < 4.78 is 33.5. The number of benzene rings is 3. The van der Waals surface area contributed by atoms with Crippen molar-refractivity contribution in [2.75, 3.05) is 6.54 Å². The first-order valence-electron chi connectivity index (χ1n) is 29.9. The number of nitriles is 3. The molecule has 2 N–H and O–H groups in total. The Hall–Kier alpha value is -8.35. The van der Waals surface area contributed by atoms with Gasteiger partial charge in [0.25, 0.3) is 0 Å². The molecule has 12 rings (SSSR count). The zero-order valence-corrected chi connectivity index (χ0v) is 49.9. The molecule has 85 heavy (non-hydrogen) atoms. The van der Waals surface area contributed by atoms with Crippen LogP contribution in [-0.2, 0) is 24.3 Å². The van der Waals surface area contributed by atoms with E-state index in [-0.39, 0.29) is 47.0 Å². The van der Waals surface area contributed by atoms with Gasteiger partial charge in [-0.2, -0.15) is 15.8 Å². The molecule has 15 atom stereocenters. The fourth-order valence-electron chi connectivity index (χ4n) is 14.2. The van der Waals surface area contributed by atoms with Crippen LogP contribution in [0.4, 0.5) is 0 Å². The molecule has 0 unspecified atom stereocenters. The third-order valence-electron chi connectivity index (χ3n) is 19.4. The molecule has 3 aliphatic carbocycles. The van der Waals surface area contributed by atoms with Gasteiger partial charge in [-0.25, -0.2) is 13.1 Å². The Morgan fingerprint density at radius 1 is 0.518 bits per heavy atom. The summed E-state index contributed by atoms with van der Waals surface area (Å²) in [6.07, 6.45) is 22.2. The highest BCUT2D eigenvalue weighted by atomic mass is 32.2. The molecule has 3 aromatic carbocycles. The van der Waals surface area contributed by atoms with E-state index in [0.717, 1.165) is 69.7 Å². The van der Waals surface area contributed by atoms with Crippen molar-refractivity contribution in [3.8, 4) is 51.6 Å². The van der Waals surface area contributed by atoms with Crippen LogP contribution in [0.1, 0.15) is 107 Å². The minimum Gasteiger partial charge on any atom is -0.461 e. The number of pyridine rings is 3. The van der Waals surface area contributed by atoms with E-state index in [1.807, 2.05) is 128 Å². The van der Waals surface area contributed by atoms with Crippen LogP contribution in [0.2, 0.25) is 0 Å². The molecule has 14 heteroatoms. The number of nitrogens with one attached hydrogen (secondary N) is 2. The van der Waals surface area contributed by atoms with Gasteiger partial charge < -0.3 is 10.1 Å². The van der Waals surface area contributed by atoms with Crippen molar-refractivity contribution in [1.29, 1.82) is 15.8 Å². The van der Waals surface area contributed by atoms with Crippen molar-refractivity contribution in [1.82, 2.24) is 25.0 Å². The highest BCUT2D eigenvalue weighted by Gasteiger charge is 2.51. The van der Waals surface area contributed by atoms with Crippen LogP contribution >= 0.6 is 0 Å². The Bertz CT molecular complexity index is 3570. The standard InChI is InChI=1S/C24H25N3O.C24H24N2O2.C23H25N3O2S/c1-15-11-19-12-23(28)27-24(19)21(16(15)2)10-9-20-8-7-18(14-26-20)22-6-4-3-5-17(22)13-25;1-15-11-19-12-23(27)28-24(19)21(16(15)2)10-9-20-8-7-18(14-26-20)22-6-4-3-5-17(22)13-25;1-15-11-19-14-26-29(27,28)23(19)21(16(15)2)10-9-20-8-7-18(13-25-20)22-6-4-3-5-17(22)12-24/h3-10,14-16,19,21,24H,11-12H2,1-2H3,(H,27,28);3-10,14-16,19,21,24H,11-12H2,1-2H3;3-10,13,15-16,19,21,23,26H,11,14H2,1-2H3/b3*10-9+/t2*15-,16+,19+,21-,24-;15-,16+,19+,21-,23-/m000/s1. The van der Waals surface area contributed by atoms with Crippen LogP contribution in [-0.4, -0.2) is 59.2 Å². The van der Waals surface area contributed by atoms with E-state index >= 15 is 0 Å². The maximum Gasteiger partial charge on any atom is 0.306 e. The fourth-order valence-corrected chi connectivity index (χ4v) is 16.3. The topological polar surface area (TPSA) is 212 Å². The molecular weight excluding hydrogens is 1080 g/mol. The Labute approximate surface area is 501 Å². The summed E-state index contributed by atoms with van der Waals surface area (Å²) in [5.74, 6) is 4.58.